The van der Waals surface area contributed by atoms with E-state index in [1.54, 1.807) is 6.92 Å². The summed E-state index contributed by atoms with van der Waals surface area (Å²) in [6, 6.07) is 3.63. The van der Waals surface area contributed by atoms with Gasteiger partial charge < -0.3 is 9.84 Å². The monoisotopic (exact) mass is 216 g/mol. The van der Waals surface area contributed by atoms with Crippen LogP contribution in [0.2, 0.25) is 0 Å². The second kappa shape index (κ2) is 5.19. The number of hydrogen-bond donors (Lipinski definition) is 1. The molecule has 2 atom stereocenters. The van der Waals surface area contributed by atoms with Crippen LogP contribution in [0, 0.1) is 11.6 Å². The van der Waals surface area contributed by atoms with Gasteiger partial charge in [0.2, 0.25) is 0 Å². The van der Waals surface area contributed by atoms with Gasteiger partial charge in [-0.25, -0.2) is 8.78 Å². The number of benzene rings is 1. The maximum atomic E-state index is 13.2. The van der Waals surface area contributed by atoms with E-state index >= 15 is 0 Å². The molecule has 0 spiro atoms. The first-order chi connectivity index (χ1) is 7.06. The summed E-state index contributed by atoms with van der Waals surface area (Å²) in [7, 11) is 1.44. The lowest BCUT2D eigenvalue weighted by molar-refractivity contribution is -0.000348. The van der Waals surface area contributed by atoms with E-state index < -0.39 is 23.8 Å². The Hall–Kier alpha value is -1.00. The van der Waals surface area contributed by atoms with Crippen LogP contribution in [-0.4, -0.2) is 24.4 Å². The van der Waals surface area contributed by atoms with E-state index in [0.717, 1.165) is 0 Å². The zero-order valence-corrected chi connectivity index (χ0v) is 8.71. The summed E-state index contributed by atoms with van der Waals surface area (Å²) in [6.45, 7) is 1.64. The molecule has 15 heavy (non-hydrogen) atoms. The standard InChI is InChI=1S/C11H14F2O2/c1-7(15-2)11(14)6-8-9(12)4-3-5-10(8)13/h3-5,7,11,14H,6H2,1-2H3. The topological polar surface area (TPSA) is 29.5 Å². The summed E-state index contributed by atoms with van der Waals surface area (Å²) in [6.07, 6.45) is -1.46. The fraction of sp³-hybridized carbons (Fsp3) is 0.455. The highest BCUT2D eigenvalue weighted by Gasteiger charge is 2.18. The minimum atomic E-state index is -0.915. The molecule has 0 saturated heterocycles. The quantitative estimate of drug-likeness (QED) is 0.833. The predicted molar refractivity (Wildman–Crippen MR) is 52.5 cm³/mol. The van der Waals surface area contributed by atoms with Crippen LogP contribution in [0.25, 0.3) is 0 Å². The lowest BCUT2D eigenvalue weighted by Crippen LogP contribution is -2.27. The number of aliphatic hydroxyl groups excluding tert-OH is 1. The van der Waals surface area contributed by atoms with Crippen LogP contribution in [0.5, 0.6) is 0 Å². The number of rotatable bonds is 4. The lowest BCUT2D eigenvalue weighted by atomic mass is 10.0. The Kier molecular flexibility index (Phi) is 4.17. The third-order valence-electron chi connectivity index (χ3n) is 2.39. The smallest absolute Gasteiger partial charge is 0.129 e. The molecule has 0 aliphatic heterocycles. The van der Waals surface area contributed by atoms with E-state index in [1.807, 2.05) is 0 Å². The van der Waals surface area contributed by atoms with Crippen molar-refractivity contribution >= 4 is 0 Å². The molecule has 2 unspecified atom stereocenters. The van der Waals surface area contributed by atoms with Crippen LogP contribution in [-0.2, 0) is 11.2 Å². The maximum Gasteiger partial charge on any atom is 0.129 e. The van der Waals surface area contributed by atoms with E-state index in [9.17, 15) is 13.9 Å². The first-order valence-corrected chi connectivity index (χ1v) is 4.70. The van der Waals surface area contributed by atoms with Crippen molar-refractivity contribution in [3.63, 3.8) is 0 Å². The molecule has 0 fully saturated rings. The van der Waals surface area contributed by atoms with E-state index in [-0.39, 0.29) is 12.0 Å². The third-order valence-corrected chi connectivity index (χ3v) is 2.39. The minimum absolute atomic E-state index is 0.0898. The van der Waals surface area contributed by atoms with E-state index in [2.05, 4.69) is 0 Å². The average molecular weight is 216 g/mol. The summed E-state index contributed by atoms with van der Waals surface area (Å²) >= 11 is 0. The van der Waals surface area contributed by atoms with Crippen molar-refractivity contribution in [1.29, 1.82) is 0 Å². The van der Waals surface area contributed by atoms with Gasteiger partial charge in [-0.05, 0) is 19.1 Å². The summed E-state index contributed by atoms with van der Waals surface area (Å²) in [5, 5.41) is 9.56. The Morgan fingerprint density at radius 3 is 2.33 bits per heavy atom. The Morgan fingerprint density at radius 2 is 1.87 bits per heavy atom. The van der Waals surface area contributed by atoms with E-state index in [0.29, 0.717) is 0 Å². The van der Waals surface area contributed by atoms with Crippen LogP contribution in [0.4, 0.5) is 8.78 Å². The number of ether oxygens (including phenoxy) is 1. The molecule has 1 aromatic carbocycles. The molecule has 1 aromatic rings. The van der Waals surface area contributed by atoms with Gasteiger partial charge in [-0.15, -0.1) is 0 Å². The molecule has 4 heteroatoms. The van der Waals surface area contributed by atoms with Crippen LogP contribution >= 0.6 is 0 Å². The van der Waals surface area contributed by atoms with Gasteiger partial charge in [0.1, 0.15) is 11.6 Å². The van der Waals surface area contributed by atoms with Crippen molar-refractivity contribution < 1.29 is 18.6 Å². The van der Waals surface area contributed by atoms with Crippen LogP contribution in [0.3, 0.4) is 0 Å². The molecule has 0 aromatic heterocycles. The fourth-order valence-electron chi connectivity index (χ4n) is 1.26. The van der Waals surface area contributed by atoms with Crippen molar-refractivity contribution in [2.75, 3.05) is 7.11 Å². The summed E-state index contributed by atoms with van der Waals surface area (Å²) in [5.74, 6) is -1.28. The van der Waals surface area contributed by atoms with Gasteiger partial charge in [0.15, 0.2) is 0 Å². The fourth-order valence-corrected chi connectivity index (χ4v) is 1.26. The van der Waals surface area contributed by atoms with Crippen molar-refractivity contribution in [3.8, 4) is 0 Å². The molecule has 1 N–H and O–H groups in total. The van der Waals surface area contributed by atoms with Crippen molar-refractivity contribution in [2.45, 2.75) is 25.6 Å². The third kappa shape index (κ3) is 2.97. The van der Waals surface area contributed by atoms with Gasteiger partial charge in [-0.3, -0.25) is 0 Å². The summed E-state index contributed by atoms with van der Waals surface area (Å²) < 4.78 is 31.2. The molecule has 0 radical (unpaired) electrons. The van der Waals surface area contributed by atoms with Gasteiger partial charge in [0, 0.05) is 19.1 Å². The summed E-state index contributed by atoms with van der Waals surface area (Å²) in [5.41, 5.74) is -0.103. The Balaban J connectivity index is 2.80. The highest BCUT2D eigenvalue weighted by molar-refractivity contribution is 5.20. The van der Waals surface area contributed by atoms with E-state index in [1.165, 1.54) is 25.3 Å². The first kappa shape index (κ1) is 12.1. The molecule has 1 rings (SSSR count). The molecular weight excluding hydrogens is 202 g/mol. The molecule has 84 valence electrons. The van der Waals surface area contributed by atoms with E-state index in [4.69, 9.17) is 4.74 Å². The first-order valence-electron chi connectivity index (χ1n) is 4.70. The number of hydrogen-bond acceptors (Lipinski definition) is 2. The lowest BCUT2D eigenvalue weighted by Gasteiger charge is -2.17. The number of aliphatic hydroxyl groups is 1. The second-order valence-corrected chi connectivity index (χ2v) is 3.41. The molecule has 0 aliphatic rings. The molecule has 0 bridgehead atoms. The molecule has 0 amide bonds. The van der Waals surface area contributed by atoms with Crippen molar-refractivity contribution in [3.05, 3.63) is 35.4 Å². The highest BCUT2D eigenvalue weighted by Crippen LogP contribution is 2.15. The van der Waals surface area contributed by atoms with Crippen molar-refractivity contribution in [2.24, 2.45) is 0 Å². The van der Waals surface area contributed by atoms with Crippen LogP contribution in [0.15, 0.2) is 18.2 Å². The van der Waals surface area contributed by atoms with Crippen molar-refractivity contribution in [1.82, 2.24) is 0 Å². The molecule has 0 aliphatic carbocycles. The highest BCUT2D eigenvalue weighted by atomic mass is 19.1. The number of halogens is 2. The molecule has 0 heterocycles. The van der Waals surface area contributed by atoms with Crippen LogP contribution < -0.4 is 0 Å². The van der Waals surface area contributed by atoms with Gasteiger partial charge >= 0.3 is 0 Å². The van der Waals surface area contributed by atoms with Crippen LogP contribution in [0.1, 0.15) is 12.5 Å². The van der Waals surface area contributed by atoms with Gasteiger partial charge in [-0.1, -0.05) is 6.07 Å². The zero-order chi connectivity index (χ0) is 11.4. The largest absolute Gasteiger partial charge is 0.390 e. The van der Waals surface area contributed by atoms with Gasteiger partial charge in [0.05, 0.1) is 12.2 Å². The Morgan fingerprint density at radius 1 is 1.33 bits per heavy atom. The SMILES string of the molecule is COC(C)C(O)Cc1c(F)cccc1F. The molecule has 0 saturated carbocycles. The van der Waals surface area contributed by atoms with Gasteiger partial charge in [0.25, 0.3) is 0 Å². The summed E-state index contributed by atoms with van der Waals surface area (Å²) in [4.78, 5) is 0. The second-order valence-electron chi connectivity index (χ2n) is 3.41. The normalized spacial score (nSPS) is 15.0. The maximum absolute atomic E-state index is 13.2. The Labute approximate surface area is 87.5 Å². The zero-order valence-electron chi connectivity index (χ0n) is 8.71. The van der Waals surface area contributed by atoms with Gasteiger partial charge in [-0.2, -0.15) is 0 Å². The molecular formula is C11H14F2O2. The minimum Gasteiger partial charge on any atom is -0.390 e. The number of methoxy groups -OCH3 is 1. The predicted octanol–water partition coefficient (Wildman–Crippen LogP) is 1.90. The molecule has 2 nitrogen and oxygen atoms in total. The average Bonchev–Trinajstić information content (AvgIpc) is 2.22. The Bertz CT molecular complexity index is 308.